The number of rotatable bonds is 2. The van der Waals surface area contributed by atoms with Gasteiger partial charge in [0.25, 0.3) is 11.8 Å². The second-order valence-corrected chi connectivity index (χ2v) is 8.11. The van der Waals surface area contributed by atoms with Crippen LogP contribution in [0, 0.1) is 35.5 Å². The van der Waals surface area contributed by atoms with Gasteiger partial charge in [-0.1, -0.05) is 42.5 Å². The van der Waals surface area contributed by atoms with Gasteiger partial charge in [-0.2, -0.15) is 10.1 Å². The molecule has 0 radical (unpaired) electrons. The number of phenolic OH excluding ortho intramolecular Hbond substituents is 1. The Morgan fingerprint density at radius 3 is 2.33 bits per heavy atom. The minimum atomic E-state index is -0.255. The Balaban J connectivity index is 1.38. The van der Waals surface area contributed by atoms with Gasteiger partial charge in [0.1, 0.15) is 5.75 Å². The Morgan fingerprint density at radius 2 is 1.63 bits per heavy atom. The zero-order chi connectivity index (χ0) is 18.3. The lowest BCUT2D eigenvalue weighted by molar-refractivity contribution is -0.140. The van der Waals surface area contributed by atoms with E-state index in [-0.39, 0.29) is 41.2 Å². The molecule has 0 aromatic heterocycles. The van der Waals surface area contributed by atoms with Crippen LogP contribution in [0.4, 0.5) is 0 Å². The second kappa shape index (κ2) is 5.06. The summed E-state index contributed by atoms with van der Waals surface area (Å²) in [6.07, 6.45) is 6.88. The molecule has 5 nitrogen and oxygen atoms in total. The third-order valence-electron chi connectivity index (χ3n) is 6.89. The lowest BCUT2D eigenvalue weighted by Gasteiger charge is -2.37. The Bertz CT molecular complexity index is 1040. The van der Waals surface area contributed by atoms with Crippen molar-refractivity contribution in [3.05, 3.63) is 54.1 Å². The van der Waals surface area contributed by atoms with Crippen LogP contribution >= 0.6 is 0 Å². The second-order valence-electron chi connectivity index (χ2n) is 8.11. The molecule has 2 aromatic rings. The van der Waals surface area contributed by atoms with Gasteiger partial charge >= 0.3 is 0 Å². The first-order valence-electron chi connectivity index (χ1n) is 9.46. The Kier molecular flexibility index (Phi) is 2.84. The maximum absolute atomic E-state index is 13.0. The number of carbonyl (C=O) groups is 2. The molecule has 27 heavy (non-hydrogen) atoms. The lowest BCUT2D eigenvalue weighted by Crippen LogP contribution is -2.40. The van der Waals surface area contributed by atoms with Crippen molar-refractivity contribution in [3.8, 4) is 5.75 Å². The smallest absolute Gasteiger partial charge is 0.254 e. The number of aromatic hydroxyl groups is 1. The fourth-order valence-corrected chi connectivity index (χ4v) is 5.59. The predicted octanol–water partition coefficient (Wildman–Crippen LogP) is 2.93. The van der Waals surface area contributed by atoms with Crippen molar-refractivity contribution >= 4 is 28.8 Å². The van der Waals surface area contributed by atoms with Crippen molar-refractivity contribution in [3.63, 3.8) is 0 Å². The molecule has 5 heteroatoms. The minimum Gasteiger partial charge on any atom is -0.507 e. The van der Waals surface area contributed by atoms with E-state index in [2.05, 4.69) is 17.3 Å². The van der Waals surface area contributed by atoms with Gasteiger partial charge in [0.05, 0.1) is 18.1 Å². The lowest BCUT2D eigenvalue weighted by atomic mass is 9.63. The van der Waals surface area contributed by atoms with E-state index >= 15 is 0 Å². The average Bonchev–Trinajstić information content (AvgIpc) is 3.47. The summed E-state index contributed by atoms with van der Waals surface area (Å²) in [5.74, 6) is 0.714. The molecule has 3 fully saturated rings. The van der Waals surface area contributed by atoms with Crippen molar-refractivity contribution in [2.75, 3.05) is 0 Å². The largest absolute Gasteiger partial charge is 0.507 e. The SMILES string of the molecule is O=C1[C@@H]2[C@@H]3C=C[C@@H]([C@@H]4C[C@H]34)[C@@H]2C(=O)N1/N=C/c1c(O)ccc2ccccc12. The van der Waals surface area contributed by atoms with E-state index in [4.69, 9.17) is 0 Å². The molecule has 2 bridgehead atoms. The molecule has 6 atom stereocenters. The molecular weight excluding hydrogens is 340 g/mol. The first kappa shape index (κ1) is 15.1. The van der Waals surface area contributed by atoms with Gasteiger partial charge in [-0.05, 0) is 46.9 Å². The van der Waals surface area contributed by atoms with Crippen LogP contribution in [0.25, 0.3) is 10.8 Å². The number of phenols is 1. The van der Waals surface area contributed by atoms with Gasteiger partial charge in [0.15, 0.2) is 0 Å². The maximum atomic E-state index is 13.0. The number of allylic oxidation sites excluding steroid dienone is 2. The summed E-state index contributed by atoms with van der Waals surface area (Å²) in [5, 5.41) is 17.4. The van der Waals surface area contributed by atoms with E-state index in [9.17, 15) is 14.7 Å². The van der Waals surface area contributed by atoms with E-state index in [0.29, 0.717) is 17.4 Å². The number of benzene rings is 2. The van der Waals surface area contributed by atoms with Crippen LogP contribution in [0.5, 0.6) is 5.75 Å². The third kappa shape index (κ3) is 1.91. The molecule has 1 saturated heterocycles. The first-order valence-corrected chi connectivity index (χ1v) is 9.46. The fraction of sp³-hybridized carbons (Fsp3) is 0.318. The Hall–Kier alpha value is -2.95. The number of carbonyl (C=O) groups excluding carboxylic acids is 2. The van der Waals surface area contributed by atoms with Crippen LogP contribution in [0.1, 0.15) is 12.0 Å². The monoisotopic (exact) mass is 358 g/mol. The van der Waals surface area contributed by atoms with Gasteiger partial charge in [-0.15, -0.1) is 0 Å². The van der Waals surface area contributed by atoms with E-state index < -0.39 is 0 Å². The molecule has 2 aromatic carbocycles. The summed E-state index contributed by atoms with van der Waals surface area (Å²) >= 11 is 0. The molecule has 2 amide bonds. The normalized spacial score (nSPS) is 35.9. The van der Waals surface area contributed by atoms with E-state index in [1.54, 1.807) is 6.07 Å². The predicted molar refractivity (Wildman–Crippen MR) is 99.8 cm³/mol. The molecule has 134 valence electrons. The standard InChI is InChI=1S/C22H18N2O3/c25-18-8-5-11-3-1-2-4-12(11)17(18)10-23-24-21(26)19-13-6-7-14(16-9-15(13)16)20(19)22(24)27/h1-8,10,13-16,19-20,25H,9H2/b23-10+/t13-,14+,15-,16+,19-,20+. The maximum Gasteiger partial charge on any atom is 0.254 e. The van der Waals surface area contributed by atoms with Crippen molar-refractivity contribution in [1.29, 1.82) is 0 Å². The van der Waals surface area contributed by atoms with Gasteiger partial charge in [-0.25, -0.2) is 0 Å². The molecule has 7 rings (SSSR count). The number of hydrazone groups is 1. The summed E-state index contributed by atoms with van der Waals surface area (Å²) in [6.45, 7) is 0. The molecule has 1 aliphatic heterocycles. The summed E-state index contributed by atoms with van der Waals surface area (Å²) < 4.78 is 0. The first-order chi connectivity index (χ1) is 13.1. The summed E-state index contributed by atoms with van der Waals surface area (Å²) in [6, 6.07) is 11.1. The molecule has 0 unspecified atom stereocenters. The van der Waals surface area contributed by atoms with Crippen molar-refractivity contribution in [2.24, 2.45) is 40.6 Å². The van der Waals surface area contributed by atoms with Crippen molar-refractivity contribution in [1.82, 2.24) is 5.01 Å². The average molecular weight is 358 g/mol. The van der Waals surface area contributed by atoms with Gasteiger partial charge in [-0.3, -0.25) is 9.59 Å². The highest BCUT2D eigenvalue weighted by molar-refractivity contribution is 6.08. The minimum absolute atomic E-state index is 0.0805. The van der Waals surface area contributed by atoms with Crippen LogP contribution in [0.2, 0.25) is 0 Å². The highest BCUT2D eigenvalue weighted by Crippen LogP contribution is 2.65. The summed E-state index contributed by atoms with van der Waals surface area (Å²) in [5.41, 5.74) is 0.521. The van der Waals surface area contributed by atoms with Crippen LogP contribution in [0.15, 0.2) is 53.7 Å². The van der Waals surface area contributed by atoms with E-state index in [1.165, 1.54) is 6.21 Å². The Labute approximate surface area is 156 Å². The van der Waals surface area contributed by atoms with Crippen molar-refractivity contribution < 1.29 is 14.7 Å². The number of hydrogen-bond donors (Lipinski definition) is 1. The number of nitrogens with zero attached hydrogens (tertiary/aromatic N) is 2. The fourth-order valence-electron chi connectivity index (χ4n) is 5.59. The molecule has 0 spiro atoms. The molecule has 4 aliphatic carbocycles. The molecule has 5 aliphatic rings. The van der Waals surface area contributed by atoms with Crippen LogP contribution in [0.3, 0.4) is 0 Å². The van der Waals surface area contributed by atoms with Gasteiger partial charge in [0, 0.05) is 5.56 Å². The van der Waals surface area contributed by atoms with Crippen molar-refractivity contribution in [2.45, 2.75) is 6.42 Å². The topological polar surface area (TPSA) is 70.0 Å². The highest BCUT2D eigenvalue weighted by atomic mass is 16.3. The number of imide groups is 1. The third-order valence-corrected chi connectivity index (χ3v) is 6.89. The van der Waals surface area contributed by atoms with Crippen LogP contribution in [-0.2, 0) is 9.59 Å². The zero-order valence-electron chi connectivity index (χ0n) is 14.5. The molecular formula is C22H18N2O3. The molecule has 2 saturated carbocycles. The van der Waals surface area contributed by atoms with Crippen LogP contribution < -0.4 is 0 Å². The zero-order valence-corrected chi connectivity index (χ0v) is 14.5. The Morgan fingerprint density at radius 1 is 0.963 bits per heavy atom. The van der Waals surface area contributed by atoms with E-state index in [1.807, 2.05) is 30.3 Å². The van der Waals surface area contributed by atoms with Gasteiger partial charge in [0.2, 0.25) is 0 Å². The number of hydrogen-bond acceptors (Lipinski definition) is 4. The highest BCUT2D eigenvalue weighted by Gasteiger charge is 2.67. The quantitative estimate of drug-likeness (QED) is 0.510. The summed E-state index contributed by atoms with van der Waals surface area (Å²) in [7, 11) is 0. The number of amides is 2. The molecule has 1 heterocycles. The molecule has 1 N–H and O–H groups in total. The number of fused-ring (bicyclic) bond motifs is 1. The summed E-state index contributed by atoms with van der Waals surface area (Å²) in [4.78, 5) is 25.9. The van der Waals surface area contributed by atoms with Gasteiger partial charge < -0.3 is 5.11 Å². The van der Waals surface area contributed by atoms with E-state index in [0.717, 1.165) is 22.2 Å². The van der Waals surface area contributed by atoms with Crippen LogP contribution in [-0.4, -0.2) is 28.1 Å².